The van der Waals surface area contributed by atoms with Crippen LogP contribution in [-0.4, -0.2) is 30.0 Å². The number of nitrogens with zero attached hydrogens (tertiary/aromatic N) is 3. The Morgan fingerprint density at radius 3 is 2.46 bits per heavy atom. The quantitative estimate of drug-likeness (QED) is 0.830. The number of anilines is 1. The van der Waals surface area contributed by atoms with Gasteiger partial charge in [-0.25, -0.2) is 0 Å². The van der Waals surface area contributed by atoms with Crippen LogP contribution in [0.15, 0.2) is 3.92 Å². The third-order valence-electron chi connectivity index (χ3n) is 1.13. The first-order valence-corrected chi connectivity index (χ1v) is 4.76. The van der Waals surface area contributed by atoms with E-state index in [0.717, 1.165) is 16.2 Å². The fourth-order valence-electron chi connectivity index (χ4n) is 0.689. The monoisotopic (exact) mass is 275 g/mol. The van der Waals surface area contributed by atoms with Gasteiger partial charge in [0.05, 0.1) is 0 Å². The van der Waals surface area contributed by atoms with Gasteiger partial charge in [0, 0.05) is 7.05 Å². The fourth-order valence-corrected chi connectivity index (χ4v) is 1.74. The second-order valence-electron chi connectivity index (χ2n) is 2.31. The van der Waals surface area contributed by atoms with Gasteiger partial charge in [-0.05, 0) is 15.9 Å². The van der Waals surface area contributed by atoms with Gasteiger partial charge in [0.1, 0.15) is 6.54 Å². The summed E-state index contributed by atoms with van der Waals surface area (Å²) in [4.78, 5) is 1.00. The van der Waals surface area contributed by atoms with Crippen LogP contribution in [-0.2, 0) is 0 Å². The summed E-state index contributed by atoms with van der Waals surface area (Å²) < 4.78 is 36.2. The van der Waals surface area contributed by atoms with E-state index in [9.17, 15) is 13.2 Å². The van der Waals surface area contributed by atoms with Crippen molar-refractivity contribution in [2.45, 2.75) is 6.18 Å². The van der Waals surface area contributed by atoms with E-state index in [2.05, 4.69) is 26.1 Å². The van der Waals surface area contributed by atoms with Gasteiger partial charge < -0.3 is 4.90 Å². The molecule has 0 atom stereocenters. The highest BCUT2D eigenvalue weighted by atomic mass is 79.9. The van der Waals surface area contributed by atoms with Crippen LogP contribution in [0.2, 0.25) is 0 Å². The largest absolute Gasteiger partial charge is 0.405 e. The van der Waals surface area contributed by atoms with E-state index < -0.39 is 12.7 Å². The van der Waals surface area contributed by atoms with Crippen LogP contribution in [0, 0.1) is 0 Å². The third kappa shape index (κ3) is 3.47. The standard InChI is InChI=1S/C5H5BrF3N3S/c1-12(2-5(7,8)9)4-11-10-3(6)13-4/h2H2,1H3. The van der Waals surface area contributed by atoms with Gasteiger partial charge in [0.2, 0.25) is 5.13 Å². The first kappa shape index (κ1) is 10.7. The Balaban J connectivity index is 2.64. The molecule has 0 amide bonds. The van der Waals surface area contributed by atoms with Crippen LogP contribution >= 0.6 is 27.3 Å². The average Bonchev–Trinajstić information content (AvgIpc) is 2.31. The molecule has 0 fully saturated rings. The number of hydrogen-bond acceptors (Lipinski definition) is 4. The molecule has 0 saturated heterocycles. The number of aromatic nitrogens is 2. The van der Waals surface area contributed by atoms with Crippen molar-refractivity contribution < 1.29 is 13.2 Å². The minimum Gasteiger partial charge on any atom is -0.341 e. The maximum Gasteiger partial charge on any atom is 0.405 e. The summed E-state index contributed by atoms with van der Waals surface area (Å²) in [6, 6.07) is 0. The molecule has 0 unspecified atom stereocenters. The highest BCUT2D eigenvalue weighted by Gasteiger charge is 2.30. The van der Waals surface area contributed by atoms with Gasteiger partial charge in [-0.1, -0.05) is 11.3 Å². The van der Waals surface area contributed by atoms with Gasteiger partial charge in [-0.2, -0.15) is 13.2 Å². The van der Waals surface area contributed by atoms with Crippen LogP contribution in [0.25, 0.3) is 0 Å². The lowest BCUT2D eigenvalue weighted by atomic mass is 10.6. The van der Waals surface area contributed by atoms with Crippen molar-refractivity contribution in [3.63, 3.8) is 0 Å². The molecule has 0 aliphatic rings. The molecule has 8 heteroatoms. The molecule has 0 aliphatic carbocycles. The Hall–Kier alpha value is -0.370. The van der Waals surface area contributed by atoms with Gasteiger partial charge in [-0.3, -0.25) is 0 Å². The second kappa shape index (κ2) is 3.79. The number of rotatable bonds is 2. The molecular weight excluding hydrogens is 271 g/mol. The Morgan fingerprint density at radius 2 is 2.08 bits per heavy atom. The molecule has 1 aromatic heterocycles. The maximum absolute atomic E-state index is 11.9. The molecule has 0 aliphatic heterocycles. The smallest absolute Gasteiger partial charge is 0.341 e. The summed E-state index contributed by atoms with van der Waals surface area (Å²) >= 11 is 4.07. The lowest BCUT2D eigenvalue weighted by Gasteiger charge is -2.16. The van der Waals surface area contributed by atoms with Crippen LogP contribution in [0.4, 0.5) is 18.3 Å². The zero-order chi connectivity index (χ0) is 10.1. The van der Waals surface area contributed by atoms with E-state index in [1.807, 2.05) is 0 Å². The lowest BCUT2D eigenvalue weighted by molar-refractivity contribution is -0.119. The van der Waals surface area contributed by atoms with Gasteiger partial charge in [-0.15, -0.1) is 10.2 Å². The molecule has 0 aromatic carbocycles. The predicted molar refractivity (Wildman–Crippen MR) is 46.9 cm³/mol. The van der Waals surface area contributed by atoms with Crippen LogP contribution < -0.4 is 4.90 Å². The van der Waals surface area contributed by atoms with Gasteiger partial charge in [0.25, 0.3) is 0 Å². The first-order valence-electron chi connectivity index (χ1n) is 3.15. The topological polar surface area (TPSA) is 29.0 Å². The van der Waals surface area contributed by atoms with Crippen molar-refractivity contribution in [3.05, 3.63) is 3.92 Å². The summed E-state index contributed by atoms with van der Waals surface area (Å²) in [5.41, 5.74) is 0. The molecule has 1 heterocycles. The molecule has 0 saturated carbocycles. The second-order valence-corrected chi connectivity index (χ2v) is 4.54. The fraction of sp³-hybridized carbons (Fsp3) is 0.600. The van der Waals surface area contributed by atoms with Crippen molar-refractivity contribution in [2.75, 3.05) is 18.5 Å². The molecule has 1 rings (SSSR count). The number of hydrogen-bond donors (Lipinski definition) is 0. The zero-order valence-electron chi connectivity index (χ0n) is 6.47. The van der Waals surface area contributed by atoms with Crippen molar-refractivity contribution in [1.29, 1.82) is 0 Å². The molecule has 74 valence electrons. The molecule has 0 N–H and O–H groups in total. The summed E-state index contributed by atoms with van der Waals surface area (Å²) in [6.45, 7) is -1.02. The van der Waals surface area contributed by atoms with E-state index in [-0.39, 0.29) is 5.13 Å². The Morgan fingerprint density at radius 1 is 1.46 bits per heavy atom. The summed E-state index contributed by atoms with van der Waals surface area (Å²) in [5, 5.41) is 7.33. The molecule has 0 bridgehead atoms. The van der Waals surface area contributed by atoms with Crippen LogP contribution in [0.3, 0.4) is 0 Å². The Kier molecular flexibility index (Phi) is 3.12. The SMILES string of the molecule is CN(CC(F)(F)F)c1nnc(Br)s1. The number of alkyl halides is 3. The predicted octanol–water partition coefficient (Wildman–Crippen LogP) is 2.30. The van der Waals surface area contributed by atoms with E-state index >= 15 is 0 Å². The maximum atomic E-state index is 11.9. The molecule has 13 heavy (non-hydrogen) atoms. The zero-order valence-corrected chi connectivity index (χ0v) is 8.87. The lowest BCUT2D eigenvalue weighted by Crippen LogP contribution is -2.30. The molecule has 0 spiro atoms. The van der Waals surface area contributed by atoms with Crippen molar-refractivity contribution in [2.24, 2.45) is 0 Å². The van der Waals surface area contributed by atoms with Crippen molar-refractivity contribution in [1.82, 2.24) is 10.2 Å². The van der Waals surface area contributed by atoms with Crippen LogP contribution in [0.1, 0.15) is 0 Å². The minimum absolute atomic E-state index is 0.240. The Labute approximate surface area is 84.7 Å². The molecule has 0 radical (unpaired) electrons. The van der Waals surface area contributed by atoms with E-state index in [0.29, 0.717) is 3.92 Å². The number of halogens is 4. The Bertz CT molecular complexity index is 287. The minimum atomic E-state index is -4.22. The summed E-state index contributed by atoms with van der Waals surface area (Å²) in [5.74, 6) is 0. The van der Waals surface area contributed by atoms with Crippen molar-refractivity contribution in [3.8, 4) is 0 Å². The highest BCUT2D eigenvalue weighted by molar-refractivity contribution is 9.11. The highest BCUT2D eigenvalue weighted by Crippen LogP contribution is 2.25. The summed E-state index contributed by atoms with van der Waals surface area (Å²) in [6.07, 6.45) is -4.22. The normalized spacial score (nSPS) is 11.8. The van der Waals surface area contributed by atoms with Crippen LogP contribution in [0.5, 0.6) is 0 Å². The van der Waals surface area contributed by atoms with Gasteiger partial charge in [0.15, 0.2) is 3.92 Å². The molecule has 3 nitrogen and oxygen atoms in total. The van der Waals surface area contributed by atoms with Gasteiger partial charge >= 0.3 is 6.18 Å². The average molecular weight is 276 g/mol. The van der Waals surface area contributed by atoms with E-state index in [1.54, 1.807) is 0 Å². The van der Waals surface area contributed by atoms with Crippen molar-refractivity contribution >= 4 is 32.4 Å². The summed E-state index contributed by atoms with van der Waals surface area (Å²) in [7, 11) is 1.32. The molecular formula is C5H5BrF3N3S. The van der Waals surface area contributed by atoms with E-state index in [4.69, 9.17) is 0 Å². The third-order valence-corrected chi connectivity index (χ3v) is 2.60. The molecule has 1 aromatic rings. The van der Waals surface area contributed by atoms with E-state index in [1.165, 1.54) is 7.05 Å². The first-order chi connectivity index (χ1) is 5.88.